The first-order valence-electron chi connectivity index (χ1n) is 6.39. The van der Waals surface area contributed by atoms with Crippen LogP contribution in [0.5, 0.6) is 5.75 Å². The van der Waals surface area contributed by atoms with Crippen LogP contribution in [0.1, 0.15) is 5.56 Å². The molecule has 0 atom stereocenters. The molecule has 2 aromatic carbocycles. The van der Waals surface area contributed by atoms with Gasteiger partial charge in [0.25, 0.3) is 0 Å². The van der Waals surface area contributed by atoms with E-state index in [0.717, 1.165) is 14.7 Å². The minimum absolute atomic E-state index is 0.251. The third kappa shape index (κ3) is 3.40. The van der Waals surface area contributed by atoms with Crippen molar-refractivity contribution < 1.29 is 19.5 Å². The zero-order valence-electron chi connectivity index (χ0n) is 11.8. The molecule has 2 N–H and O–H groups in total. The number of rotatable bonds is 5. The summed E-state index contributed by atoms with van der Waals surface area (Å²) >= 11 is 2.13. The van der Waals surface area contributed by atoms with E-state index in [1.807, 2.05) is 36.4 Å². The van der Waals surface area contributed by atoms with Crippen LogP contribution in [0.3, 0.4) is 0 Å². The molecule has 0 unspecified atom stereocenters. The Labute approximate surface area is 138 Å². The van der Waals surface area contributed by atoms with Crippen LogP contribution in [-0.2, 0) is 11.3 Å². The fraction of sp³-hybridized carbons (Fsp3) is 0.200. The fourth-order valence-electron chi connectivity index (χ4n) is 2.26. The summed E-state index contributed by atoms with van der Waals surface area (Å²) in [4.78, 5) is 0. The smallest absolute Gasteiger partial charge is 0.490 e. The first-order chi connectivity index (χ1) is 10.1. The van der Waals surface area contributed by atoms with Crippen molar-refractivity contribution in [2.75, 3.05) is 14.2 Å². The second-order valence-electron chi connectivity index (χ2n) is 4.51. The summed E-state index contributed by atoms with van der Waals surface area (Å²) in [6.07, 6.45) is 0. The van der Waals surface area contributed by atoms with Crippen molar-refractivity contribution in [3.05, 3.63) is 45.5 Å². The van der Waals surface area contributed by atoms with Crippen LogP contribution >= 0.6 is 22.6 Å². The van der Waals surface area contributed by atoms with E-state index in [1.165, 1.54) is 0 Å². The monoisotopic (exact) mass is 398 g/mol. The van der Waals surface area contributed by atoms with Crippen LogP contribution in [0.25, 0.3) is 11.1 Å². The van der Waals surface area contributed by atoms with Gasteiger partial charge in [0.2, 0.25) is 0 Å². The molecule has 2 rings (SSSR count). The summed E-state index contributed by atoms with van der Waals surface area (Å²) in [5, 5.41) is 19.5. The lowest BCUT2D eigenvalue weighted by Gasteiger charge is -2.18. The van der Waals surface area contributed by atoms with E-state index < -0.39 is 7.12 Å². The average Bonchev–Trinajstić information content (AvgIpc) is 2.48. The second kappa shape index (κ2) is 7.26. The molecule has 0 spiro atoms. The molecule has 0 aromatic heterocycles. The van der Waals surface area contributed by atoms with Gasteiger partial charge >= 0.3 is 7.12 Å². The highest BCUT2D eigenvalue weighted by molar-refractivity contribution is 14.1. The Hall–Kier alpha value is -1.09. The molecule has 6 heteroatoms. The molecule has 110 valence electrons. The van der Waals surface area contributed by atoms with E-state index >= 15 is 0 Å². The van der Waals surface area contributed by atoms with Crippen molar-refractivity contribution in [1.29, 1.82) is 0 Å². The first-order valence-corrected chi connectivity index (χ1v) is 7.47. The predicted molar refractivity (Wildman–Crippen MR) is 91.7 cm³/mol. The second-order valence-corrected chi connectivity index (χ2v) is 5.58. The quantitative estimate of drug-likeness (QED) is 0.596. The van der Waals surface area contributed by atoms with Gasteiger partial charge < -0.3 is 19.5 Å². The summed E-state index contributed by atoms with van der Waals surface area (Å²) in [5.74, 6) is 0.583. The summed E-state index contributed by atoms with van der Waals surface area (Å²) in [7, 11) is 1.54. The number of methoxy groups -OCH3 is 2. The number of hydrogen-bond acceptors (Lipinski definition) is 4. The van der Waals surface area contributed by atoms with Crippen LogP contribution in [0.15, 0.2) is 36.4 Å². The molecule has 0 amide bonds. The molecular formula is C15H16BIO4. The van der Waals surface area contributed by atoms with Crippen molar-refractivity contribution in [1.82, 2.24) is 0 Å². The topological polar surface area (TPSA) is 58.9 Å². The van der Waals surface area contributed by atoms with Crippen molar-refractivity contribution >= 4 is 35.2 Å². The molecule has 0 bridgehead atoms. The van der Waals surface area contributed by atoms with Gasteiger partial charge in [0.05, 0.1) is 13.7 Å². The van der Waals surface area contributed by atoms with Gasteiger partial charge in [-0.2, -0.15) is 0 Å². The normalized spacial score (nSPS) is 10.5. The molecule has 0 aliphatic rings. The van der Waals surface area contributed by atoms with Crippen LogP contribution < -0.4 is 10.2 Å². The first kappa shape index (κ1) is 16.3. The molecule has 4 nitrogen and oxygen atoms in total. The third-order valence-electron chi connectivity index (χ3n) is 3.22. The molecule has 2 aromatic rings. The summed E-state index contributed by atoms with van der Waals surface area (Å²) < 4.78 is 11.3. The van der Waals surface area contributed by atoms with Gasteiger partial charge in [-0.05, 0) is 39.8 Å². The number of benzene rings is 2. The zero-order chi connectivity index (χ0) is 15.4. The lowest BCUT2D eigenvalue weighted by Crippen LogP contribution is -2.36. The summed E-state index contributed by atoms with van der Waals surface area (Å²) in [6.45, 7) is 0.251. The Morgan fingerprint density at radius 2 is 1.81 bits per heavy atom. The van der Waals surface area contributed by atoms with Gasteiger partial charge in [0, 0.05) is 21.7 Å². The highest BCUT2D eigenvalue weighted by Crippen LogP contribution is 2.31. The lowest BCUT2D eigenvalue weighted by molar-refractivity contribution is 0.182. The zero-order valence-corrected chi connectivity index (χ0v) is 14.0. The van der Waals surface area contributed by atoms with E-state index in [9.17, 15) is 10.0 Å². The number of ether oxygens (including phenoxy) is 2. The molecule has 0 heterocycles. The van der Waals surface area contributed by atoms with E-state index in [4.69, 9.17) is 9.47 Å². The van der Waals surface area contributed by atoms with Gasteiger partial charge in [-0.1, -0.05) is 30.3 Å². The maximum Gasteiger partial charge on any atom is 0.490 e. The van der Waals surface area contributed by atoms with E-state index in [-0.39, 0.29) is 6.61 Å². The van der Waals surface area contributed by atoms with Crippen LogP contribution in [0, 0.1) is 3.57 Å². The van der Waals surface area contributed by atoms with Gasteiger partial charge in [0.1, 0.15) is 5.75 Å². The Morgan fingerprint density at radius 1 is 1.14 bits per heavy atom. The number of hydrogen-bond donors (Lipinski definition) is 2. The Kier molecular flexibility index (Phi) is 5.63. The Bertz CT molecular complexity index is 617. The minimum atomic E-state index is -1.58. The highest BCUT2D eigenvalue weighted by atomic mass is 127. The van der Waals surface area contributed by atoms with E-state index in [2.05, 4.69) is 22.6 Å². The Balaban J connectivity index is 2.71. The predicted octanol–water partition coefficient (Wildman–Crippen LogP) is 1.79. The third-order valence-corrected chi connectivity index (χ3v) is 4.38. The van der Waals surface area contributed by atoms with Crippen molar-refractivity contribution in [2.24, 2.45) is 0 Å². The van der Waals surface area contributed by atoms with Crippen LogP contribution in [0.4, 0.5) is 0 Å². The highest BCUT2D eigenvalue weighted by Gasteiger charge is 2.25. The largest absolute Gasteiger partial charge is 0.496 e. The minimum Gasteiger partial charge on any atom is -0.496 e. The van der Waals surface area contributed by atoms with Gasteiger partial charge in [0.15, 0.2) is 0 Å². The fourth-order valence-corrected chi connectivity index (χ4v) is 3.34. The van der Waals surface area contributed by atoms with E-state index in [1.54, 1.807) is 14.2 Å². The molecular weight excluding hydrogens is 382 g/mol. The molecule has 0 saturated heterocycles. The van der Waals surface area contributed by atoms with Crippen LogP contribution in [-0.4, -0.2) is 31.4 Å². The van der Waals surface area contributed by atoms with Crippen molar-refractivity contribution in [3.8, 4) is 16.9 Å². The summed E-state index contributed by atoms with van der Waals surface area (Å²) in [5.41, 5.74) is 2.97. The summed E-state index contributed by atoms with van der Waals surface area (Å²) in [6, 6.07) is 11.7. The maximum absolute atomic E-state index is 9.74. The van der Waals surface area contributed by atoms with Crippen molar-refractivity contribution in [3.63, 3.8) is 0 Å². The molecule has 0 aliphatic heterocycles. The van der Waals surface area contributed by atoms with Gasteiger partial charge in [-0.3, -0.25) is 0 Å². The maximum atomic E-state index is 9.74. The van der Waals surface area contributed by atoms with Gasteiger partial charge in [-0.15, -0.1) is 0 Å². The number of halogens is 1. The van der Waals surface area contributed by atoms with Crippen LogP contribution in [0.2, 0.25) is 0 Å². The molecule has 0 saturated carbocycles. The molecule has 0 aliphatic carbocycles. The Morgan fingerprint density at radius 3 is 2.33 bits per heavy atom. The molecule has 21 heavy (non-hydrogen) atoms. The molecule has 0 radical (unpaired) electrons. The van der Waals surface area contributed by atoms with Crippen molar-refractivity contribution in [2.45, 2.75) is 6.61 Å². The SMILES string of the molecule is COCc1c(OC)cc(-c2ccccc2)c(I)c1B(O)O. The average molecular weight is 398 g/mol. The lowest BCUT2D eigenvalue weighted by atomic mass is 9.75. The standard InChI is InChI=1S/C15H16BIO4/c1-20-9-12-13(21-2)8-11(10-6-4-3-5-7-10)15(17)14(12)16(18)19/h3-8,18-19H,9H2,1-2H3. The molecule has 0 fully saturated rings. The van der Waals surface area contributed by atoms with E-state index in [0.29, 0.717) is 16.8 Å². The van der Waals surface area contributed by atoms with Gasteiger partial charge in [-0.25, -0.2) is 0 Å².